The molecule has 0 bridgehead atoms. The van der Waals surface area contributed by atoms with E-state index in [4.69, 9.17) is 4.42 Å². The minimum absolute atomic E-state index is 0.868. The summed E-state index contributed by atoms with van der Waals surface area (Å²) in [5.41, 5.74) is 12.2. The summed E-state index contributed by atoms with van der Waals surface area (Å²) in [6.07, 6.45) is 0. The Kier molecular flexibility index (Phi) is 7.62. The van der Waals surface area contributed by atoms with E-state index in [1.807, 2.05) is 22.7 Å². The van der Waals surface area contributed by atoms with Gasteiger partial charge >= 0.3 is 0 Å². The van der Waals surface area contributed by atoms with Crippen LogP contribution in [-0.2, 0) is 0 Å². The molecule has 0 saturated heterocycles. The molecule has 12 rings (SSSR count). The molecule has 0 fully saturated rings. The third kappa shape index (κ3) is 5.23. The minimum atomic E-state index is 0.868. The first kappa shape index (κ1) is 33.2. The van der Waals surface area contributed by atoms with E-state index in [2.05, 4.69) is 205 Å². The van der Waals surface area contributed by atoms with E-state index >= 15 is 0 Å². The van der Waals surface area contributed by atoms with Crippen molar-refractivity contribution >= 4 is 102 Å². The van der Waals surface area contributed by atoms with Crippen LogP contribution in [0.2, 0.25) is 0 Å². The molecule has 0 radical (unpaired) electrons. The summed E-state index contributed by atoms with van der Waals surface area (Å²) in [6.45, 7) is 0. The van der Waals surface area contributed by atoms with Gasteiger partial charge < -0.3 is 9.32 Å². The fraction of sp³-hybridized carbons (Fsp3) is 0. The summed E-state index contributed by atoms with van der Waals surface area (Å²) < 4.78 is 11.9. The van der Waals surface area contributed by atoms with Crippen molar-refractivity contribution in [3.05, 3.63) is 200 Å². The number of rotatable bonds is 6. The molecule has 0 N–H and O–H groups in total. The van der Waals surface area contributed by atoms with Crippen molar-refractivity contribution in [2.45, 2.75) is 0 Å². The zero-order chi connectivity index (χ0) is 38.2. The minimum Gasteiger partial charge on any atom is -0.454 e. The Morgan fingerprint density at radius 3 is 1.78 bits per heavy atom. The van der Waals surface area contributed by atoms with Crippen LogP contribution in [0.4, 0.5) is 17.1 Å². The van der Waals surface area contributed by atoms with Crippen LogP contribution in [0.15, 0.2) is 205 Å². The molecule has 4 heteroatoms. The summed E-state index contributed by atoms with van der Waals surface area (Å²) in [5.74, 6) is 0. The van der Waals surface area contributed by atoms with Gasteiger partial charge in [-0.3, -0.25) is 0 Å². The average molecular weight is 776 g/mol. The lowest BCUT2D eigenvalue weighted by Crippen LogP contribution is -2.11. The molecule has 0 aliphatic carbocycles. The van der Waals surface area contributed by atoms with Gasteiger partial charge in [0, 0.05) is 51.1 Å². The SMILES string of the molecule is c1ccc(-c2ccc3c(c2)sc2cc(-c4ccccc4)cc(N(c4cccc5c4oc4ccccc45)c4ccc(-c5ccccc5)c5sc6ccccc6c45)c23)cc1. The highest BCUT2D eigenvalue weighted by Gasteiger charge is 2.27. The van der Waals surface area contributed by atoms with Gasteiger partial charge in [-0.05, 0) is 75.8 Å². The van der Waals surface area contributed by atoms with E-state index in [0.29, 0.717) is 0 Å². The third-order valence-electron chi connectivity index (χ3n) is 11.5. The van der Waals surface area contributed by atoms with Crippen molar-refractivity contribution in [2.75, 3.05) is 4.90 Å². The van der Waals surface area contributed by atoms with Gasteiger partial charge in [0.1, 0.15) is 5.58 Å². The highest BCUT2D eigenvalue weighted by atomic mass is 32.1. The molecule has 0 spiro atoms. The van der Waals surface area contributed by atoms with Gasteiger partial charge in [-0.1, -0.05) is 158 Å². The Balaban J connectivity index is 1.24. The molecule has 0 aliphatic heterocycles. The first-order chi connectivity index (χ1) is 28.8. The van der Waals surface area contributed by atoms with Crippen molar-refractivity contribution in [3.8, 4) is 33.4 Å². The van der Waals surface area contributed by atoms with Gasteiger partial charge in [0.2, 0.25) is 0 Å². The molecule has 3 aromatic heterocycles. The fourth-order valence-corrected chi connectivity index (χ4v) is 11.3. The van der Waals surface area contributed by atoms with Crippen LogP contribution in [0.5, 0.6) is 0 Å². The Labute approximate surface area is 343 Å². The third-order valence-corrected chi connectivity index (χ3v) is 13.8. The molecule has 12 aromatic rings. The molecule has 58 heavy (non-hydrogen) atoms. The Bertz CT molecular complexity index is 3510. The van der Waals surface area contributed by atoms with E-state index in [1.54, 1.807) is 0 Å². The van der Waals surface area contributed by atoms with Crippen molar-refractivity contribution in [3.63, 3.8) is 0 Å². The van der Waals surface area contributed by atoms with E-state index in [-0.39, 0.29) is 0 Å². The molecule has 0 unspecified atom stereocenters. The maximum atomic E-state index is 6.91. The second kappa shape index (κ2) is 13.3. The quantitative estimate of drug-likeness (QED) is 0.167. The van der Waals surface area contributed by atoms with Crippen LogP contribution in [0.3, 0.4) is 0 Å². The van der Waals surface area contributed by atoms with E-state index in [9.17, 15) is 0 Å². The molecule has 0 saturated carbocycles. The van der Waals surface area contributed by atoms with Gasteiger partial charge in [0.15, 0.2) is 5.58 Å². The van der Waals surface area contributed by atoms with Crippen molar-refractivity contribution < 1.29 is 4.42 Å². The normalized spacial score (nSPS) is 11.8. The summed E-state index contributed by atoms with van der Waals surface area (Å²) in [4.78, 5) is 2.51. The molecule has 272 valence electrons. The number of thiophene rings is 2. The second-order valence-electron chi connectivity index (χ2n) is 14.8. The van der Waals surface area contributed by atoms with E-state index in [1.165, 1.54) is 73.7 Å². The lowest BCUT2D eigenvalue weighted by atomic mass is 9.97. The van der Waals surface area contributed by atoms with Gasteiger partial charge in [-0.15, -0.1) is 22.7 Å². The number of fused-ring (bicyclic) bond motifs is 9. The Morgan fingerprint density at radius 1 is 0.345 bits per heavy atom. The number of benzene rings is 9. The maximum absolute atomic E-state index is 6.91. The zero-order valence-electron chi connectivity index (χ0n) is 31.2. The predicted molar refractivity (Wildman–Crippen MR) is 250 cm³/mol. The molecule has 2 nitrogen and oxygen atoms in total. The van der Waals surface area contributed by atoms with Crippen molar-refractivity contribution in [1.29, 1.82) is 0 Å². The van der Waals surface area contributed by atoms with Crippen LogP contribution in [0, 0.1) is 0 Å². The first-order valence-electron chi connectivity index (χ1n) is 19.6. The van der Waals surface area contributed by atoms with E-state index < -0.39 is 0 Å². The van der Waals surface area contributed by atoms with Gasteiger partial charge in [0.25, 0.3) is 0 Å². The van der Waals surface area contributed by atoms with Gasteiger partial charge in [0.05, 0.1) is 17.1 Å². The number of hydrogen-bond acceptors (Lipinski definition) is 4. The number of furan rings is 1. The molecular weight excluding hydrogens is 743 g/mol. The summed E-state index contributed by atoms with van der Waals surface area (Å²) in [5, 5.41) is 7.16. The van der Waals surface area contributed by atoms with Crippen LogP contribution < -0.4 is 4.90 Å². The summed E-state index contributed by atoms with van der Waals surface area (Å²) in [7, 11) is 0. The smallest absolute Gasteiger partial charge is 0.159 e. The van der Waals surface area contributed by atoms with Crippen molar-refractivity contribution in [1.82, 2.24) is 0 Å². The molecule has 0 atom stereocenters. The molecule has 0 amide bonds. The average Bonchev–Trinajstić information content (AvgIpc) is 3.99. The molecule has 9 aromatic carbocycles. The predicted octanol–water partition coefficient (Wildman–Crippen LogP) is 16.8. The first-order valence-corrected chi connectivity index (χ1v) is 21.2. The topological polar surface area (TPSA) is 16.4 Å². The Hall–Kier alpha value is -6.98. The highest BCUT2D eigenvalue weighted by molar-refractivity contribution is 7.26. The standard InChI is InChI=1S/C54H33NOS2/c1-4-15-34(16-5-1)37-27-28-43-49(32-37)57-50-33-38(35-17-6-2-7-18-35)31-46(51(43)50)55(45-24-14-23-41-40-21-10-12-25-47(40)56-53(41)45)44-30-29-39(36-19-8-3-9-20-36)54-52(44)42-22-11-13-26-48(42)58-54/h1-33H. The number of nitrogens with zero attached hydrogens (tertiary/aromatic N) is 1. The molecule has 0 aliphatic rings. The number of anilines is 3. The van der Waals surface area contributed by atoms with Gasteiger partial charge in [-0.25, -0.2) is 0 Å². The van der Waals surface area contributed by atoms with Gasteiger partial charge in [-0.2, -0.15) is 0 Å². The van der Waals surface area contributed by atoms with Crippen LogP contribution >= 0.6 is 22.7 Å². The fourth-order valence-electron chi connectivity index (χ4n) is 8.81. The van der Waals surface area contributed by atoms with Crippen LogP contribution in [-0.4, -0.2) is 0 Å². The summed E-state index contributed by atoms with van der Waals surface area (Å²) in [6, 6.07) is 72.6. The largest absolute Gasteiger partial charge is 0.454 e. The second-order valence-corrected chi connectivity index (χ2v) is 16.9. The Morgan fingerprint density at radius 2 is 0.983 bits per heavy atom. The molecule has 3 heterocycles. The number of hydrogen-bond donors (Lipinski definition) is 0. The van der Waals surface area contributed by atoms with Crippen molar-refractivity contribution in [2.24, 2.45) is 0 Å². The van der Waals surface area contributed by atoms with E-state index in [0.717, 1.165) is 39.0 Å². The molecular formula is C54H33NOS2. The monoisotopic (exact) mass is 775 g/mol. The lowest BCUT2D eigenvalue weighted by Gasteiger charge is -2.28. The maximum Gasteiger partial charge on any atom is 0.159 e. The lowest BCUT2D eigenvalue weighted by molar-refractivity contribution is 0.669. The van der Waals surface area contributed by atoms with Crippen LogP contribution in [0.25, 0.3) is 95.7 Å². The zero-order valence-corrected chi connectivity index (χ0v) is 32.9. The highest BCUT2D eigenvalue weighted by Crippen LogP contribution is 2.53. The van der Waals surface area contributed by atoms with Crippen LogP contribution in [0.1, 0.15) is 0 Å². The number of para-hydroxylation sites is 2. The summed E-state index contributed by atoms with van der Waals surface area (Å²) >= 11 is 3.74.